The summed E-state index contributed by atoms with van der Waals surface area (Å²) in [5, 5.41) is 3.01. The molecule has 2 atom stereocenters. The molecule has 1 saturated heterocycles. The highest BCUT2D eigenvalue weighted by Crippen LogP contribution is 2.58. The van der Waals surface area contributed by atoms with Crippen LogP contribution in [0.5, 0.6) is 5.75 Å². The average Bonchev–Trinajstić information content (AvgIpc) is 3.32. The zero-order chi connectivity index (χ0) is 29.4. The second-order valence-electron chi connectivity index (χ2n) is 11.2. The van der Waals surface area contributed by atoms with Crippen molar-refractivity contribution in [2.75, 3.05) is 26.2 Å². The molecule has 9 heteroatoms. The van der Waals surface area contributed by atoms with Gasteiger partial charge in [-0.15, -0.1) is 0 Å². The number of urea groups is 1. The Balaban J connectivity index is 1.85. The highest BCUT2D eigenvalue weighted by molar-refractivity contribution is 6.13. The molecule has 0 radical (unpaired) electrons. The summed E-state index contributed by atoms with van der Waals surface area (Å²) in [6.45, 7) is 8.95. The van der Waals surface area contributed by atoms with Crippen LogP contribution in [0.15, 0.2) is 77.8 Å². The van der Waals surface area contributed by atoms with Crippen molar-refractivity contribution in [3.8, 4) is 5.75 Å². The number of aliphatic imine (C=N–C) groups is 1. The molecule has 0 saturated carbocycles. The summed E-state index contributed by atoms with van der Waals surface area (Å²) < 4.78 is 34.4. The fourth-order valence-corrected chi connectivity index (χ4v) is 5.83. The molecule has 0 spiro atoms. The largest absolute Gasteiger partial charge is 0.493 e. The number of hydrogen-bond acceptors (Lipinski definition) is 5. The molecule has 3 aromatic rings. The molecule has 3 amide bonds. The smallest absolute Gasteiger partial charge is 0.333 e. The van der Waals surface area contributed by atoms with Gasteiger partial charge in [-0.25, -0.2) is 13.6 Å². The van der Waals surface area contributed by atoms with Crippen LogP contribution in [0, 0.1) is 17.0 Å². The van der Waals surface area contributed by atoms with Crippen LogP contribution in [0.3, 0.4) is 0 Å². The number of halogens is 2. The van der Waals surface area contributed by atoms with Crippen molar-refractivity contribution in [3.63, 3.8) is 0 Å². The number of benzene rings is 3. The first-order chi connectivity index (χ1) is 19.6. The third kappa shape index (κ3) is 4.99. The van der Waals surface area contributed by atoms with Gasteiger partial charge in [0.1, 0.15) is 28.8 Å². The van der Waals surface area contributed by atoms with Crippen molar-refractivity contribution < 1.29 is 23.1 Å². The van der Waals surface area contributed by atoms with Gasteiger partial charge in [0, 0.05) is 13.1 Å². The molecule has 2 heterocycles. The SMILES string of the molecule is CCOc1ccccc1C1=NC(c2ccc(F)cc2)(C(C)(C)C)C(c2ccc(F)cc2)N1C(=O)N1CCNCC1=O. The zero-order valence-electron chi connectivity index (χ0n) is 23.7. The molecule has 1 fully saturated rings. The maximum absolute atomic E-state index is 14.6. The lowest BCUT2D eigenvalue weighted by Gasteiger charge is -2.46. The lowest BCUT2D eigenvalue weighted by atomic mass is 9.64. The summed E-state index contributed by atoms with van der Waals surface area (Å²) in [5.74, 6) is -0.335. The van der Waals surface area contributed by atoms with E-state index >= 15 is 0 Å². The minimum Gasteiger partial charge on any atom is -0.493 e. The number of nitrogens with one attached hydrogen (secondary N) is 1. The van der Waals surface area contributed by atoms with E-state index in [1.807, 2.05) is 52.0 Å². The van der Waals surface area contributed by atoms with Gasteiger partial charge in [-0.1, -0.05) is 57.2 Å². The summed E-state index contributed by atoms with van der Waals surface area (Å²) in [7, 11) is 0. The monoisotopic (exact) mass is 560 g/mol. The van der Waals surface area contributed by atoms with E-state index in [4.69, 9.17) is 9.73 Å². The predicted octanol–water partition coefficient (Wildman–Crippen LogP) is 5.66. The fourth-order valence-electron chi connectivity index (χ4n) is 5.83. The van der Waals surface area contributed by atoms with Gasteiger partial charge in [-0.2, -0.15) is 0 Å². The van der Waals surface area contributed by atoms with Crippen LogP contribution < -0.4 is 10.1 Å². The van der Waals surface area contributed by atoms with Crippen LogP contribution in [0.25, 0.3) is 0 Å². The Kier molecular flexibility index (Phi) is 7.66. The van der Waals surface area contributed by atoms with Gasteiger partial charge in [0.2, 0.25) is 5.91 Å². The number of amides is 3. The quantitative estimate of drug-likeness (QED) is 0.437. The fraction of sp³-hybridized carbons (Fsp3) is 0.344. The second-order valence-corrected chi connectivity index (χ2v) is 11.2. The molecular weight excluding hydrogens is 526 g/mol. The van der Waals surface area contributed by atoms with E-state index in [9.17, 15) is 18.4 Å². The van der Waals surface area contributed by atoms with E-state index in [2.05, 4.69) is 5.32 Å². The number of amidine groups is 1. The van der Waals surface area contributed by atoms with Crippen molar-refractivity contribution in [2.24, 2.45) is 10.4 Å². The van der Waals surface area contributed by atoms with E-state index in [-0.39, 0.29) is 19.0 Å². The number of piperazine rings is 1. The van der Waals surface area contributed by atoms with Crippen LogP contribution in [-0.2, 0) is 10.3 Å². The Hall–Kier alpha value is -4.11. The molecule has 2 aliphatic rings. The number of hydrogen-bond donors (Lipinski definition) is 1. The van der Waals surface area contributed by atoms with E-state index in [0.29, 0.717) is 41.4 Å². The average molecular weight is 561 g/mol. The lowest BCUT2D eigenvalue weighted by Crippen LogP contribution is -2.57. The zero-order valence-corrected chi connectivity index (χ0v) is 23.7. The van der Waals surface area contributed by atoms with E-state index in [1.54, 1.807) is 29.2 Å². The molecule has 5 rings (SSSR count). The number of ether oxygens (including phenoxy) is 1. The maximum atomic E-state index is 14.6. The number of carbonyl (C=O) groups is 2. The first kappa shape index (κ1) is 28.4. The third-order valence-electron chi connectivity index (χ3n) is 7.73. The Bertz CT molecular complexity index is 1470. The first-order valence-corrected chi connectivity index (χ1v) is 13.8. The van der Waals surface area contributed by atoms with Crippen molar-refractivity contribution >= 4 is 17.8 Å². The van der Waals surface area contributed by atoms with Crippen molar-refractivity contribution in [1.82, 2.24) is 15.1 Å². The van der Waals surface area contributed by atoms with Crippen LogP contribution in [0.1, 0.15) is 50.4 Å². The maximum Gasteiger partial charge on any atom is 0.333 e. The first-order valence-electron chi connectivity index (χ1n) is 13.8. The van der Waals surface area contributed by atoms with Crippen LogP contribution in [0.2, 0.25) is 0 Å². The number of rotatable bonds is 5. The molecule has 214 valence electrons. The lowest BCUT2D eigenvalue weighted by molar-refractivity contribution is -0.129. The van der Waals surface area contributed by atoms with Crippen molar-refractivity contribution in [1.29, 1.82) is 0 Å². The molecule has 41 heavy (non-hydrogen) atoms. The molecule has 0 aromatic heterocycles. The predicted molar refractivity (Wildman–Crippen MR) is 153 cm³/mol. The molecule has 0 aliphatic carbocycles. The van der Waals surface area contributed by atoms with Crippen molar-refractivity contribution in [2.45, 2.75) is 39.3 Å². The summed E-state index contributed by atoms with van der Waals surface area (Å²) in [5.41, 5.74) is 0.0480. The van der Waals surface area contributed by atoms with Gasteiger partial charge < -0.3 is 10.1 Å². The molecular formula is C32H34F2N4O3. The topological polar surface area (TPSA) is 74.2 Å². The van der Waals surface area contributed by atoms with Gasteiger partial charge in [-0.05, 0) is 59.9 Å². The van der Waals surface area contributed by atoms with Gasteiger partial charge in [0.05, 0.1) is 24.8 Å². The van der Waals surface area contributed by atoms with Gasteiger partial charge in [0.15, 0.2) is 0 Å². The second kappa shape index (κ2) is 11.0. The number of carbonyl (C=O) groups excluding carboxylic acids is 2. The van der Waals surface area contributed by atoms with E-state index in [1.165, 1.54) is 29.2 Å². The van der Waals surface area contributed by atoms with E-state index < -0.39 is 34.7 Å². The highest BCUT2D eigenvalue weighted by Gasteiger charge is 2.60. The van der Waals surface area contributed by atoms with Crippen molar-refractivity contribution in [3.05, 3.63) is 101 Å². The Morgan fingerprint density at radius 1 is 1.02 bits per heavy atom. The number of nitrogens with zero attached hydrogens (tertiary/aromatic N) is 3. The summed E-state index contributed by atoms with van der Waals surface area (Å²) in [6.07, 6.45) is 0. The molecule has 1 N–H and O–H groups in total. The summed E-state index contributed by atoms with van der Waals surface area (Å²) in [6, 6.07) is 18.0. The van der Waals surface area contributed by atoms with Crippen LogP contribution >= 0.6 is 0 Å². The molecule has 2 aliphatic heterocycles. The minimum absolute atomic E-state index is 0.0329. The van der Waals surface area contributed by atoms with Gasteiger partial charge >= 0.3 is 6.03 Å². The van der Waals surface area contributed by atoms with Crippen LogP contribution in [-0.4, -0.2) is 53.8 Å². The minimum atomic E-state index is -1.17. The summed E-state index contributed by atoms with van der Waals surface area (Å²) in [4.78, 5) is 35.7. The Labute approximate surface area is 238 Å². The van der Waals surface area contributed by atoms with E-state index in [0.717, 1.165) is 0 Å². The summed E-state index contributed by atoms with van der Waals surface area (Å²) >= 11 is 0. The highest BCUT2D eigenvalue weighted by atomic mass is 19.1. The number of para-hydroxylation sites is 1. The Morgan fingerprint density at radius 3 is 2.27 bits per heavy atom. The standard InChI is InChI=1S/C32H34F2N4O3/c1-5-41-26-9-7-6-8-25(26)29-36-32(31(2,3)4,22-12-16-24(34)17-13-22)28(21-10-14-23(33)15-11-21)38(29)30(40)37-19-18-35-20-27(37)39/h6-17,28,35H,5,18-20H2,1-4H3. The number of imide groups is 1. The molecule has 7 nitrogen and oxygen atoms in total. The van der Waals surface area contributed by atoms with Gasteiger partial charge in [0.25, 0.3) is 0 Å². The van der Waals surface area contributed by atoms with Crippen LogP contribution in [0.4, 0.5) is 13.6 Å². The van der Waals surface area contributed by atoms with Gasteiger partial charge in [-0.3, -0.25) is 19.6 Å². The molecule has 3 aromatic carbocycles. The molecule has 0 bridgehead atoms. The third-order valence-corrected chi connectivity index (χ3v) is 7.73. The molecule has 2 unspecified atom stereocenters. The Morgan fingerprint density at radius 2 is 1.66 bits per heavy atom. The normalized spacial score (nSPS) is 21.2.